The number of nitrogen functional groups attached to an aromatic ring is 1. The highest BCUT2D eigenvalue weighted by Gasteiger charge is 2.18. The van der Waals surface area contributed by atoms with E-state index in [4.69, 9.17) is 5.73 Å². The predicted octanol–water partition coefficient (Wildman–Crippen LogP) is 2.46. The standard InChI is InChI=1S/C15H18BrN5/c1-11-13(16)3-5-15(19-11)21-8-6-20(7-9-21)12-2-4-14(17)18-10-12/h2-5,10H,6-9H2,1H3,(H2,17,18). The lowest BCUT2D eigenvalue weighted by Crippen LogP contribution is -2.46. The molecule has 0 radical (unpaired) electrons. The number of aryl methyl sites for hydroxylation is 1. The molecule has 1 saturated heterocycles. The van der Waals surface area contributed by atoms with Crippen LogP contribution in [0.15, 0.2) is 34.9 Å². The van der Waals surface area contributed by atoms with Crippen molar-refractivity contribution in [2.24, 2.45) is 0 Å². The van der Waals surface area contributed by atoms with Crippen LogP contribution in [0.5, 0.6) is 0 Å². The van der Waals surface area contributed by atoms with Gasteiger partial charge in [-0.2, -0.15) is 0 Å². The molecule has 0 aromatic carbocycles. The first kappa shape index (κ1) is 14.1. The molecule has 0 amide bonds. The highest BCUT2D eigenvalue weighted by Crippen LogP contribution is 2.22. The third-order valence-corrected chi connectivity index (χ3v) is 4.58. The molecular weight excluding hydrogens is 330 g/mol. The van der Waals surface area contributed by atoms with Crippen molar-refractivity contribution in [3.63, 3.8) is 0 Å². The Kier molecular flexibility index (Phi) is 3.96. The third-order valence-electron chi connectivity index (χ3n) is 3.75. The van der Waals surface area contributed by atoms with Crippen LogP contribution in [-0.4, -0.2) is 36.1 Å². The van der Waals surface area contributed by atoms with Crippen LogP contribution in [0.3, 0.4) is 0 Å². The highest BCUT2D eigenvalue weighted by molar-refractivity contribution is 9.10. The quantitative estimate of drug-likeness (QED) is 0.904. The van der Waals surface area contributed by atoms with Crippen molar-refractivity contribution >= 4 is 33.3 Å². The Labute approximate surface area is 132 Å². The zero-order valence-corrected chi connectivity index (χ0v) is 13.5. The molecule has 110 valence electrons. The molecule has 2 aromatic rings. The van der Waals surface area contributed by atoms with Gasteiger partial charge in [0.1, 0.15) is 11.6 Å². The Morgan fingerprint density at radius 2 is 1.76 bits per heavy atom. The monoisotopic (exact) mass is 347 g/mol. The predicted molar refractivity (Wildman–Crippen MR) is 89.7 cm³/mol. The molecule has 0 aliphatic carbocycles. The van der Waals surface area contributed by atoms with E-state index in [1.807, 2.05) is 25.3 Å². The lowest BCUT2D eigenvalue weighted by atomic mass is 10.2. The second kappa shape index (κ2) is 5.89. The Balaban J connectivity index is 1.67. The van der Waals surface area contributed by atoms with Gasteiger partial charge in [-0.15, -0.1) is 0 Å². The fourth-order valence-corrected chi connectivity index (χ4v) is 2.71. The molecule has 0 bridgehead atoms. The van der Waals surface area contributed by atoms with Crippen molar-refractivity contribution in [3.8, 4) is 0 Å². The number of piperazine rings is 1. The van der Waals surface area contributed by atoms with Gasteiger partial charge in [0.15, 0.2) is 0 Å². The average molecular weight is 348 g/mol. The molecule has 1 fully saturated rings. The smallest absolute Gasteiger partial charge is 0.128 e. The molecule has 0 spiro atoms. The topological polar surface area (TPSA) is 58.3 Å². The van der Waals surface area contributed by atoms with E-state index >= 15 is 0 Å². The molecule has 2 aromatic heterocycles. The molecule has 5 nitrogen and oxygen atoms in total. The minimum Gasteiger partial charge on any atom is -0.384 e. The van der Waals surface area contributed by atoms with Crippen molar-refractivity contribution < 1.29 is 0 Å². The first-order valence-corrected chi connectivity index (χ1v) is 7.77. The number of rotatable bonds is 2. The number of hydrogen-bond acceptors (Lipinski definition) is 5. The van der Waals surface area contributed by atoms with Gasteiger partial charge >= 0.3 is 0 Å². The van der Waals surface area contributed by atoms with Crippen molar-refractivity contribution in [1.29, 1.82) is 0 Å². The van der Waals surface area contributed by atoms with Gasteiger partial charge in [0.2, 0.25) is 0 Å². The number of halogens is 1. The van der Waals surface area contributed by atoms with Gasteiger partial charge in [0.25, 0.3) is 0 Å². The molecule has 6 heteroatoms. The van der Waals surface area contributed by atoms with Gasteiger partial charge in [-0.05, 0) is 47.1 Å². The number of nitrogens with zero attached hydrogens (tertiary/aromatic N) is 4. The Hall–Kier alpha value is -1.82. The van der Waals surface area contributed by atoms with Crippen molar-refractivity contribution in [2.45, 2.75) is 6.92 Å². The first-order valence-electron chi connectivity index (χ1n) is 6.98. The summed E-state index contributed by atoms with van der Waals surface area (Å²) in [5.74, 6) is 1.61. The number of hydrogen-bond donors (Lipinski definition) is 1. The van der Waals surface area contributed by atoms with Crippen LogP contribution < -0.4 is 15.5 Å². The molecular formula is C15H18BrN5. The summed E-state index contributed by atoms with van der Waals surface area (Å²) in [5, 5.41) is 0. The van der Waals surface area contributed by atoms with Gasteiger partial charge in [-0.25, -0.2) is 9.97 Å². The summed E-state index contributed by atoms with van der Waals surface area (Å²) in [7, 11) is 0. The summed E-state index contributed by atoms with van der Waals surface area (Å²) in [6.07, 6.45) is 1.84. The molecule has 21 heavy (non-hydrogen) atoms. The van der Waals surface area contributed by atoms with Gasteiger partial charge in [-0.1, -0.05) is 0 Å². The van der Waals surface area contributed by atoms with Crippen molar-refractivity contribution in [3.05, 3.63) is 40.6 Å². The number of pyridine rings is 2. The highest BCUT2D eigenvalue weighted by atomic mass is 79.9. The zero-order valence-electron chi connectivity index (χ0n) is 12.0. The molecule has 1 aliphatic rings. The fourth-order valence-electron chi connectivity index (χ4n) is 2.49. The molecule has 0 atom stereocenters. The minimum absolute atomic E-state index is 0.562. The summed E-state index contributed by atoms with van der Waals surface area (Å²) >= 11 is 3.49. The summed E-state index contributed by atoms with van der Waals surface area (Å²) in [6.45, 7) is 5.85. The number of anilines is 3. The number of aromatic nitrogens is 2. The van der Waals surface area contributed by atoms with E-state index in [0.29, 0.717) is 5.82 Å². The van der Waals surface area contributed by atoms with E-state index in [-0.39, 0.29) is 0 Å². The van der Waals surface area contributed by atoms with Crippen LogP contribution in [0.25, 0.3) is 0 Å². The maximum atomic E-state index is 5.63. The van der Waals surface area contributed by atoms with Crippen LogP contribution in [-0.2, 0) is 0 Å². The molecule has 2 N–H and O–H groups in total. The van der Waals surface area contributed by atoms with E-state index in [0.717, 1.165) is 47.9 Å². The average Bonchev–Trinajstić information content (AvgIpc) is 2.51. The summed E-state index contributed by atoms with van der Waals surface area (Å²) < 4.78 is 1.05. The van der Waals surface area contributed by atoms with E-state index in [1.54, 1.807) is 0 Å². The van der Waals surface area contributed by atoms with Gasteiger partial charge in [0.05, 0.1) is 17.6 Å². The minimum atomic E-state index is 0.562. The summed E-state index contributed by atoms with van der Waals surface area (Å²) in [6, 6.07) is 8.01. The largest absolute Gasteiger partial charge is 0.384 e. The normalized spacial score (nSPS) is 15.3. The van der Waals surface area contributed by atoms with Gasteiger partial charge in [0, 0.05) is 30.7 Å². The Bertz CT molecular complexity index is 620. The Morgan fingerprint density at radius 1 is 1.05 bits per heavy atom. The third kappa shape index (κ3) is 3.10. The first-order chi connectivity index (χ1) is 10.1. The lowest BCUT2D eigenvalue weighted by molar-refractivity contribution is 0.646. The van der Waals surface area contributed by atoms with Crippen molar-refractivity contribution in [1.82, 2.24) is 9.97 Å². The maximum absolute atomic E-state index is 5.63. The lowest BCUT2D eigenvalue weighted by Gasteiger charge is -2.36. The molecule has 3 heterocycles. The Morgan fingerprint density at radius 3 is 2.38 bits per heavy atom. The SMILES string of the molecule is Cc1nc(N2CCN(c3ccc(N)nc3)CC2)ccc1Br. The van der Waals surface area contributed by atoms with E-state index in [2.05, 4.69) is 47.8 Å². The van der Waals surface area contributed by atoms with E-state index < -0.39 is 0 Å². The van der Waals surface area contributed by atoms with Crippen LogP contribution in [0, 0.1) is 6.92 Å². The van der Waals surface area contributed by atoms with E-state index in [9.17, 15) is 0 Å². The number of nitrogens with two attached hydrogens (primary N) is 1. The summed E-state index contributed by atoms with van der Waals surface area (Å²) in [4.78, 5) is 13.4. The zero-order chi connectivity index (χ0) is 14.8. The maximum Gasteiger partial charge on any atom is 0.128 e. The summed E-state index contributed by atoms with van der Waals surface area (Å²) in [5.41, 5.74) is 7.78. The second-order valence-electron chi connectivity index (χ2n) is 5.15. The van der Waals surface area contributed by atoms with Gasteiger partial charge < -0.3 is 15.5 Å². The molecule has 0 saturated carbocycles. The second-order valence-corrected chi connectivity index (χ2v) is 6.01. The van der Waals surface area contributed by atoms with Crippen LogP contribution >= 0.6 is 15.9 Å². The molecule has 3 rings (SSSR count). The van der Waals surface area contributed by atoms with Crippen molar-refractivity contribution in [2.75, 3.05) is 41.7 Å². The van der Waals surface area contributed by atoms with E-state index in [1.165, 1.54) is 0 Å². The van der Waals surface area contributed by atoms with Crippen LogP contribution in [0.4, 0.5) is 17.3 Å². The fraction of sp³-hybridized carbons (Fsp3) is 0.333. The van der Waals surface area contributed by atoms with Crippen LogP contribution in [0.1, 0.15) is 5.69 Å². The van der Waals surface area contributed by atoms with Crippen LogP contribution in [0.2, 0.25) is 0 Å². The molecule has 0 unspecified atom stereocenters. The van der Waals surface area contributed by atoms with Gasteiger partial charge in [-0.3, -0.25) is 0 Å². The molecule has 1 aliphatic heterocycles.